The summed E-state index contributed by atoms with van der Waals surface area (Å²) < 4.78 is 0. The average Bonchev–Trinajstić information content (AvgIpc) is 2.39. The number of anilines is 1. The van der Waals surface area contributed by atoms with Crippen LogP contribution in [0.5, 0.6) is 0 Å². The number of hydrogen-bond acceptors (Lipinski definition) is 1. The summed E-state index contributed by atoms with van der Waals surface area (Å²) in [4.78, 5) is 2.24. The second-order valence-electron chi connectivity index (χ2n) is 4.47. The van der Waals surface area contributed by atoms with E-state index in [9.17, 15) is 0 Å². The molecule has 0 unspecified atom stereocenters. The minimum absolute atomic E-state index is 0.836. The first kappa shape index (κ1) is 15.0. The van der Waals surface area contributed by atoms with Gasteiger partial charge in [-0.25, -0.2) is 0 Å². The summed E-state index contributed by atoms with van der Waals surface area (Å²) in [6, 6.07) is 8.49. The van der Waals surface area contributed by atoms with E-state index < -0.39 is 0 Å². The van der Waals surface area contributed by atoms with Gasteiger partial charge in [0.1, 0.15) is 0 Å². The number of aryl methyl sites for hydroxylation is 1. The van der Waals surface area contributed by atoms with Gasteiger partial charge in [0, 0.05) is 18.8 Å². The van der Waals surface area contributed by atoms with Gasteiger partial charge in [0.15, 0.2) is 5.11 Å². The first-order valence-corrected chi connectivity index (χ1v) is 7.26. The highest BCUT2D eigenvalue weighted by Crippen LogP contribution is 2.11. The van der Waals surface area contributed by atoms with Gasteiger partial charge in [0.25, 0.3) is 0 Å². The molecule has 0 spiro atoms. The molecule has 0 aliphatic carbocycles. The van der Waals surface area contributed by atoms with Crippen molar-refractivity contribution in [3.63, 3.8) is 0 Å². The number of nitrogens with one attached hydrogen (secondary N) is 1. The third-order valence-electron chi connectivity index (χ3n) is 2.89. The summed E-state index contributed by atoms with van der Waals surface area (Å²) in [6.07, 6.45) is 3.32. The van der Waals surface area contributed by atoms with Crippen LogP contribution in [0.2, 0.25) is 0 Å². The second-order valence-corrected chi connectivity index (χ2v) is 4.85. The summed E-state index contributed by atoms with van der Waals surface area (Å²) >= 11 is 5.46. The zero-order valence-corrected chi connectivity index (χ0v) is 12.5. The highest BCUT2D eigenvalue weighted by molar-refractivity contribution is 7.80. The van der Waals surface area contributed by atoms with Gasteiger partial charge in [0.2, 0.25) is 0 Å². The molecular weight excluding hydrogens is 240 g/mol. The molecule has 1 aromatic carbocycles. The molecule has 0 aromatic heterocycles. The molecule has 1 N–H and O–H groups in total. The molecule has 2 nitrogen and oxygen atoms in total. The van der Waals surface area contributed by atoms with E-state index in [-0.39, 0.29) is 0 Å². The van der Waals surface area contributed by atoms with Crippen LogP contribution in [0.1, 0.15) is 39.2 Å². The smallest absolute Gasteiger partial charge is 0.173 e. The van der Waals surface area contributed by atoms with Crippen LogP contribution >= 0.6 is 12.2 Å². The van der Waals surface area contributed by atoms with Crippen LogP contribution in [0.15, 0.2) is 24.3 Å². The molecule has 1 aromatic rings. The summed E-state index contributed by atoms with van der Waals surface area (Å²) in [6.45, 7) is 8.57. The highest BCUT2D eigenvalue weighted by Gasteiger charge is 2.07. The molecule has 0 amide bonds. The van der Waals surface area contributed by atoms with E-state index in [1.54, 1.807) is 0 Å². The Balaban J connectivity index is 2.60. The Morgan fingerprint density at radius 3 is 2.06 bits per heavy atom. The summed E-state index contributed by atoms with van der Waals surface area (Å²) in [5.74, 6) is 0. The topological polar surface area (TPSA) is 15.3 Å². The summed E-state index contributed by atoms with van der Waals surface area (Å²) in [5, 5.41) is 4.16. The van der Waals surface area contributed by atoms with Crippen molar-refractivity contribution in [2.75, 3.05) is 18.4 Å². The molecule has 0 atom stereocenters. The van der Waals surface area contributed by atoms with Crippen molar-refractivity contribution < 1.29 is 0 Å². The molecule has 0 aliphatic heterocycles. The monoisotopic (exact) mass is 264 g/mol. The molecule has 0 bridgehead atoms. The van der Waals surface area contributed by atoms with Gasteiger partial charge in [-0.1, -0.05) is 32.9 Å². The lowest BCUT2D eigenvalue weighted by atomic mass is 10.1. The normalized spacial score (nSPS) is 10.2. The maximum absolute atomic E-state index is 5.46. The molecule has 1 rings (SSSR count). The molecule has 0 saturated carbocycles. The zero-order valence-electron chi connectivity index (χ0n) is 11.7. The van der Waals surface area contributed by atoms with Crippen molar-refractivity contribution in [2.45, 2.75) is 40.0 Å². The van der Waals surface area contributed by atoms with Gasteiger partial charge in [-0.15, -0.1) is 0 Å². The zero-order chi connectivity index (χ0) is 13.4. The first-order chi connectivity index (χ1) is 8.71. The van der Waals surface area contributed by atoms with Crippen molar-refractivity contribution in [1.82, 2.24) is 4.90 Å². The first-order valence-electron chi connectivity index (χ1n) is 6.86. The van der Waals surface area contributed by atoms with Gasteiger partial charge < -0.3 is 10.2 Å². The van der Waals surface area contributed by atoms with E-state index >= 15 is 0 Å². The van der Waals surface area contributed by atoms with Crippen LogP contribution in [0.4, 0.5) is 5.69 Å². The summed E-state index contributed by atoms with van der Waals surface area (Å²) in [7, 11) is 0. The highest BCUT2D eigenvalue weighted by atomic mass is 32.1. The molecule has 18 heavy (non-hydrogen) atoms. The van der Waals surface area contributed by atoms with Crippen LogP contribution < -0.4 is 5.32 Å². The van der Waals surface area contributed by atoms with Gasteiger partial charge in [-0.3, -0.25) is 0 Å². The van der Waals surface area contributed by atoms with E-state index in [2.05, 4.69) is 55.3 Å². The van der Waals surface area contributed by atoms with Gasteiger partial charge in [-0.05, 0) is 49.2 Å². The molecule has 3 heteroatoms. The Labute approximate surface area is 116 Å². The van der Waals surface area contributed by atoms with Gasteiger partial charge >= 0.3 is 0 Å². The largest absolute Gasteiger partial charge is 0.349 e. The molecular formula is C15H24N2S. The molecule has 0 heterocycles. The van der Waals surface area contributed by atoms with Crippen LogP contribution in [0.3, 0.4) is 0 Å². The van der Waals surface area contributed by atoms with E-state index in [0.29, 0.717) is 0 Å². The number of nitrogens with zero attached hydrogens (tertiary/aromatic N) is 1. The maximum atomic E-state index is 5.46. The summed E-state index contributed by atoms with van der Waals surface area (Å²) in [5.41, 5.74) is 2.43. The fraction of sp³-hybridized carbons (Fsp3) is 0.533. The lowest BCUT2D eigenvalue weighted by molar-refractivity contribution is 0.423. The molecule has 0 aliphatic rings. The fourth-order valence-corrected chi connectivity index (χ4v) is 2.18. The molecule has 100 valence electrons. The van der Waals surface area contributed by atoms with E-state index in [1.807, 2.05) is 0 Å². The fourth-order valence-electron chi connectivity index (χ4n) is 1.88. The quantitative estimate of drug-likeness (QED) is 0.780. The van der Waals surface area contributed by atoms with Gasteiger partial charge in [-0.2, -0.15) is 0 Å². The Hall–Kier alpha value is -1.09. The predicted molar refractivity (Wildman–Crippen MR) is 84.2 cm³/mol. The molecule has 0 fully saturated rings. The van der Waals surface area contributed by atoms with E-state index in [1.165, 1.54) is 5.56 Å². The van der Waals surface area contributed by atoms with Crippen LogP contribution in [-0.4, -0.2) is 23.1 Å². The maximum Gasteiger partial charge on any atom is 0.173 e. The number of thiocarbonyl (C=S) groups is 1. The Morgan fingerprint density at radius 1 is 1.06 bits per heavy atom. The number of benzene rings is 1. The number of rotatable bonds is 6. The molecule has 0 saturated heterocycles. The van der Waals surface area contributed by atoms with Crippen molar-refractivity contribution in [3.8, 4) is 0 Å². The standard InChI is InChI=1S/C15H24N2S/c1-4-11-17(12-5-2)15(18)16-14-9-7-13(6-3)8-10-14/h7-10H,4-6,11-12H2,1-3H3,(H,16,18). The lowest BCUT2D eigenvalue weighted by Crippen LogP contribution is -2.35. The third-order valence-corrected chi connectivity index (χ3v) is 3.25. The van der Waals surface area contributed by atoms with Crippen molar-refractivity contribution in [1.29, 1.82) is 0 Å². The third kappa shape index (κ3) is 4.65. The van der Waals surface area contributed by atoms with E-state index in [0.717, 1.165) is 43.2 Å². The Morgan fingerprint density at radius 2 is 1.61 bits per heavy atom. The van der Waals surface area contributed by atoms with Crippen molar-refractivity contribution in [3.05, 3.63) is 29.8 Å². The Bertz CT molecular complexity index is 353. The van der Waals surface area contributed by atoms with Crippen LogP contribution in [0, 0.1) is 0 Å². The minimum Gasteiger partial charge on any atom is -0.349 e. The minimum atomic E-state index is 0.836. The van der Waals surface area contributed by atoms with E-state index in [4.69, 9.17) is 12.2 Å². The van der Waals surface area contributed by atoms with Crippen molar-refractivity contribution >= 4 is 23.0 Å². The van der Waals surface area contributed by atoms with Crippen LogP contribution in [-0.2, 0) is 6.42 Å². The lowest BCUT2D eigenvalue weighted by Gasteiger charge is -2.25. The van der Waals surface area contributed by atoms with Crippen molar-refractivity contribution in [2.24, 2.45) is 0 Å². The van der Waals surface area contributed by atoms with Crippen LogP contribution in [0.25, 0.3) is 0 Å². The average molecular weight is 264 g/mol. The molecule has 0 radical (unpaired) electrons. The SMILES string of the molecule is CCCN(CCC)C(=S)Nc1ccc(CC)cc1. The number of hydrogen-bond donors (Lipinski definition) is 1. The Kier molecular flexibility index (Phi) is 6.73. The predicted octanol–water partition coefficient (Wildman–Crippen LogP) is 4.07. The van der Waals surface area contributed by atoms with Gasteiger partial charge in [0.05, 0.1) is 0 Å². The second kappa shape index (κ2) is 8.09.